The van der Waals surface area contributed by atoms with Crippen molar-refractivity contribution in [3.63, 3.8) is 0 Å². The molecule has 1 nitrogen and oxygen atoms in total. The first-order valence-electron chi connectivity index (χ1n) is 6.27. The van der Waals surface area contributed by atoms with Crippen LogP contribution in [0.15, 0.2) is 30.3 Å². The Morgan fingerprint density at radius 1 is 1.29 bits per heavy atom. The van der Waals surface area contributed by atoms with Crippen LogP contribution >= 0.6 is 11.6 Å². The highest BCUT2D eigenvalue weighted by atomic mass is 35.5. The quantitative estimate of drug-likeness (QED) is 0.710. The second kappa shape index (κ2) is 5.59. The summed E-state index contributed by atoms with van der Waals surface area (Å²) in [5.74, 6) is 0.972. The Labute approximate surface area is 108 Å². The molecular formula is C15H19ClO. The third kappa shape index (κ3) is 3.26. The third-order valence-corrected chi connectivity index (χ3v) is 3.25. The Kier molecular flexibility index (Phi) is 4.11. The Balaban J connectivity index is 2.31. The van der Waals surface area contributed by atoms with Crippen molar-refractivity contribution in [2.24, 2.45) is 0 Å². The van der Waals surface area contributed by atoms with Crippen molar-refractivity contribution in [2.75, 3.05) is 0 Å². The molecule has 17 heavy (non-hydrogen) atoms. The molecule has 0 aliphatic heterocycles. The van der Waals surface area contributed by atoms with Crippen LogP contribution in [-0.4, -0.2) is 11.5 Å². The number of ether oxygens (including phenoxy) is 1. The Hall–Kier alpha value is -0.950. The van der Waals surface area contributed by atoms with Crippen LogP contribution in [0.25, 0.3) is 5.57 Å². The summed E-state index contributed by atoms with van der Waals surface area (Å²) in [5, 5.41) is 0.172. The average molecular weight is 251 g/mol. The molecule has 1 atom stereocenters. The first-order valence-corrected chi connectivity index (χ1v) is 6.71. The first kappa shape index (κ1) is 12.5. The van der Waals surface area contributed by atoms with E-state index in [1.807, 2.05) is 12.1 Å². The van der Waals surface area contributed by atoms with E-state index in [-0.39, 0.29) is 11.5 Å². The van der Waals surface area contributed by atoms with E-state index >= 15 is 0 Å². The molecule has 2 heteroatoms. The highest BCUT2D eigenvalue weighted by Gasteiger charge is 2.15. The summed E-state index contributed by atoms with van der Waals surface area (Å²) in [5.41, 5.74) is 2.53. The maximum absolute atomic E-state index is 6.20. The number of hydrogen-bond donors (Lipinski definition) is 0. The molecule has 0 saturated carbocycles. The molecule has 0 aromatic heterocycles. The summed E-state index contributed by atoms with van der Waals surface area (Å²) in [6, 6.07) is 8.23. The summed E-state index contributed by atoms with van der Waals surface area (Å²) in [4.78, 5) is 0. The minimum atomic E-state index is 0.172. The van der Waals surface area contributed by atoms with Crippen molar-refractivity contribution in [1.82, 2.24) is 0 Å². The molecule has 92 valence electrons. The molecule has 1 aromatic carbocycles. The zero-order valence-corrected chi connectivity index (χ0v) is 11.2. The number of alkyl halides is 1. The Morgan fingerprint density at radius 3 is 2.76 bits per heavy atom. The first-order chi connectivity index (χ1) is 8.16. The Morgan fingerprint density at radius 2 is 2.06 bits per heavy atom. The van der Waals surface area contributed by atoms with E-state index in [0.29, 0.717) is 0 Å². The molecule has 0 fully saturated rings. The van der Waals surface area contributed by atoms with Gasteiger partial charge in [-0.15, -0.1) is 11.6 Å². The highest BCUT2D eigenvalue weighted by molar-refractivity contribution is 6.22. The lowest BCUT2D eigenvalue weighted by Gasteiger charge is -2.20. The summed E-state index contributed by atoms with van der Waals surface area (Å²) in [7, 11) is 0. The maximum atomic E-state index is 6.20. The lowest BCUT2D eigenvalue weighted by molar-refractivity contribution is 0.241. The van der Waals surface area contributed by atoms with Crippen LogP contribution in [0.3, 0.4) is 0 Å². The van der Waals surface area contributed by atoms with Gasteiger partial charge in [0, 0.05) is 5.56 Å². The van der Waals surface area contributed by atoms with Gasteiger partial charge < -0.3 is 4.74 Å². The van der Waals surface area contributed by atoms with E-state index in [9.17, 15) is 0 Å². The number of benzene rings is 1. The highest BCUT2D eigenvalue weighted by Crippen LogP contribution is 2.34. The summed E-state index contributed by atoms with van der Waals surface area (Å²) in [6.45, 7) is 4.10. The molecule has 1 aromatic rings. The van der Waals surface area contributed by atoms with Gasteiger partial charge in [-0.1, -0.05) is 24.3 Å². The van der Waals surface area contributed by atoms with Gasteiger partial charge in [0.1, 0.15) is 5.75 Å². The lowest BCUT2D eigenvalue weighted by atomic mass is 9.93. The zero-order chi connectivity index (χ0) is 12.3. The summed E-state index contributed by atoms with van der Waals surface area (Å²) >= 11 is 6.20. The van der Waals surface area contributed by atoms with Gasteiger partial charge in [0.05, 0.1) is 11.5 Å². The van der Waals surface area contributed by atoms with Crippen LogP contribution in [0, 0.1) is 0 Å². The van der Waals surface area contributed by atoms with E-state index in [1.165, 1.54) is 11.1 Å². The van der Waals surface area contributed by atoms with Crippen LogP contribution in [0.2, 0.25) is 0 Å². The molecule has 0 radical (unpaired) electrons. The summed E-state index contributed by atoms with van der Waals surface area (Å²) < 4.78 is 5.85. The maximum Gasteiger partial charge on any atom is 0.127 e. The van der Waals surface area contributed by atoms with Gasteiger partial charge in [0.2, 0.25) is 0 Å². The molecule has 0 N–H and O–H groups in total. The number of para-hydroxylation sites is 1. The average Bonchev–Trinajstić information content (AvgIpc) is 2.29. The van der Waals surface area contributed by atoms with E-state index in [2.05, 4.69) is 32.1 Å². The topological polar surface area (TPSA) is 9.23 Å². The minimum Gasteiger partial charge on any atom is -0.490 e. The van der Waals surface area contributed by atoms with Crippen LogP contribution in [0.4, 0.5) is 0 Å². The molecular weight excluding hydrogens is 232 g/mol. The fraction of sp³-hybridized carbons (Fsp3) is 0.467. The fourth-order valence-corrected chi connectivity index (χ4v) is 2.49. The fourth-order valence-electron chi connectivity index (χ4n) is 2.19. The van der Waals surface area contributed by atoms with Gasteiger partial charge >= 0.3 is 0 Å². The molecule has 2 rings (SSSR count). The summed E-state index contributed by atoms with van der Waals surface area (Å²) in [6.07, 6.45) is 5.72. The van der Waals surface area contributed by atoms with Crippen molar-refractivity contribution in [2.45, 2.75) is 44.6 Å². The molecule has 0 saturated heterocycles. The smallest absolute Gasteiger partial charge is 0.127 e. The van der Waals surface area contributed by atoms with Crippen molar-refractivity contribution in [1.29, 1.82) is 0 Å². The number of rotatable bonds is 3. The van der Waals surface area contributed by atoms with Crippen molar-refractivity contribution >= 4 is 17.2 Å². The van der Waals surface area contributed by atoms with Gasteiger partial charge in [-0.05, 0) is 44.7 Å². The largest absolute Gasteiger partial charge is 0.490 e. The monoisotopic (exact) mass is 250 g/mol. The van der Waals surface area contributed by atoms with Gasteiger partial charge in [-0.3, -0.25) is 0 Å². The molecule has 0 spiro atoms. The molecule has 0 bridgehead atoms. The SMILES string of the molecule is CC(C)Oc1ccccc1C1=CC(Cl)CCC1. The molecule has 1 aliphatic rings. The van der Waals surface area contributed by atoms with Crippen LogP contribution in [0.1, 0.15) is 38.7 Å². The third-order valence-electron chi connectivity index (χ3n) is 2.90. The second-order valence-corrected chi connectivity index (χ2v) is 5.32. The predicted molar refractivity (Wildman–Crippen MR) is 73.7 cm³/mol. The van der Waals surface area contributed by atoms with Gasteiger partial charge in [-0.25, -0.2) is 0 Å². The number of halogens is 1. The lowest BCUT2D eigenvalue weighted by Crippen LogP contribution is -2.09. The van der Waals surface area contributed by atoms with Crippen molar-refractivity contribution in [3.05, 3.63) is 35.9 Å². The predicted octanol–water partition coefficient (Wildman–Crippen LogP) is 4.65. The van der Waals surface area contributed by atoms with Crippen molar-refractivity contribution in [3.8, 4) is 5.75 Å². The van der Waals surface area contributed by atoms with Gasteiger partial charge in [-0.2, -0.15) is 0 Å². The van der Waals surface area contributed by atoms with Gasteiger partial charge in [0.25, 0.3) is 0 Å². The molecule has 0 amide bonds. The van der Waals surface area contributed by atoms with Crippen molar-refractivity contribution < 1.29 is 4.74 Å². The second-order valence-electron chi connectivity index (χ2n) is 4.76. The minimum absolute atomic E-state index is 0.172. The van der Waals surface area contributed by atoms with E-state index in [4.69, 9.17) is 16.3 Å². The molecule has 1 aliphatic carbocycles. The zero-order valence-electron chi connectivity index (χ0n) is 10.4. The van der Waals surface area contributed by atoms with Crippen LogP contribution in [0.5, 0.6) is 5.75 Å². The van der Waals surface area contributed by atoms with E-state index in [0.717, 1.165) is 25.0 Å². The normalized spacial score (nSPS) is 20.2. The number of allylic oxidation sites excluding steroid dienone is 2. The van der Waals surface area contributed by atoms with Gasteiger partial charge in [0.15, 0.2) is 0 Å². The number of hydrogen-bond acceptors (Lipinski definition) is 1. The van der Waals surface area contributed by atoms with Crippen LogP contribution in [-0.2, 0) is 0 Å². The van der Waals surface area contributed by atoms with E-state index < -0.39 is 0 Å². The standard InChI is InChI=1S/C15H19ClO/c1-11(2)17-15-9-4-3-8-14(15)12-6-5-7-13(16)10-12/h3-4,8-11,13H,5-7H2,1-2H3. The Bertz CT molecular complexity index is 409. The van der Waals surface area contributed by atoms with E-state index in [1.54, 1.807) is 0 Å². The van der Waals surface area contributed by atoms with Crippen LogP contribution < -0.4 is 4.74 Å². The molecule has 1 unspecified atom stereocenters. The molecule has 0 heterocycles.